The molecule has 0 N–H and O–H groups in total. The highest BCUT2D eigenvalue weighted by atomic mass is 16.3. The molecule has 50 heavy (non-hydrogen) atoms. The van der Waals surface area contributed by atoms with Crippen molar-refractivity contribution in [2.75, 3.05) is 0 Å². The third-order valence-corrected chi connectivity index (χ3v) is 10.6. The molecule has 0 radical (unpaired) electrons. The molecular weight excluding hydrogens is 613 g/mol. The van der Waals surface area contributed by atoms with Crippen molar-refractivity contribution in [2.45, 2.75) is 0 Å². The van der Waals surface area contributed by atoms with Gasteiger partial charge in [-0.25, -0.2) is 4.98 Å². The number of rotatable bonds is 2. The SMILES string of the molecule is c1ccc(-n2c3ccccc3c3ccc4c5ccccc5n(-c5ccc6oc7c8ccccc8c8nc9ccccc9n8c7c6c5)c4c32)cc1. The van der Waals surface area contributed by atoms with Gasteiger partial charge in [-0.2, -0.15) is 0 Å². The molecule has 0 unspecified atom stereocenters. The number of furan rings is 1. The second kappa shape index (κ2) is 9.40. The zero-order chi connectivity index (χ0) is 32.5. The molecule has 5 nitrogen and oxygen atoms in total. The summed E-state index contributed by atoms with van der Waals surface area (Å²) in [5.74, 6) is 0. The van der Waals surface area contributed by atoms with Gasteiger partial charge in [0.2, 0.25) is 0 Å². The van der Waals surface area contributed by atoms with Gasteiger partial charge in [0.05, 0.1) is 33.1 Å². The minimum Gasteiger partial charge on any atom is -0.454 e. The summed E-state index contributed by atoms with van der Waals surface area (Å²) in [7, 11) is 0. The van der Waals surface area contributed by atoms with Crippen molar-refractivity contribution in [1.82, 2.24) is 18.5 Å². The van der Waals surface area contributed by atoms with Crippen LogP contribution in [0.3, 0.4) is 0 Å². The fourth-order valence-electron chi connectivity index (χ4n) is 8.54. The molecule has 5 heterocycles. The van der Waals surface area contributed by atoms with Crippen molar-refractivity contribution in [1.29, 1.82) is 0 Å². The smallest absolute Gasteiger partial charge is 0.160 e. The van der Waals surface area contributed by atoms with Crippen LogP contribution in [0.2, 0.25) is 0 Å². The molecule has 12 aromatic rings. The standard InChI is InChI=1S/C45H26N4O/c1-2-12-27(13-3-1)47-37-19-9-6-14-29(37)31-23-24-32-30-15-7-10-20-38(30)48(42(32)41(31)47)28-22-25-40-35(26-28)43-44(50-40)33-16-4-5-17-34(33)45-46-36-18-8-11-21-39(36)49(43)45/h1-26H. The first kappa shape index (κ1) is 26.1. The average Bonchev–Trinajstić information content (AvgIpc) is 3.93. The van der Waals surface area contributed by atoms with Crippen molar-refractivity contribution in [3.05, 3.63) is 158 Å². The highest BCUT2D eigenvalue weighted by Crippen LogP contribution is 2.43. The van der Waals surface area contributed by atoms with E-state index in [0.717, 1.165) is 66.4 Å². The van der Waals surface area contributed by atoms with Gasteiger partial charge in [0.15, 0.2) is 5.58 Å². The van der Waals surface area contributed by atoms with Gasteiger partial charge >= 0.3 is 0 Å². The molecule has 0 saturated carbocycles. The first-order valence-corrected chi connectivity index (χ1v) is 17.0. The highest BCUT2D eigenvalue weighted by Gasteiger charge is 2.23. The van der Waals surface area contributed by atoms with E-state index < -0.39 is 0 Å². The number of hydrogen-bond acceptors (Lipinski definition) is 2. The molecule has 5 aromatic heterocycles. The van der Waals surface area contributed by atoms with Gasteiger partial charge in [0.25, 0.3) is 0 Å². The molecule has 5 heteroatoms. The Morgan fingerprint density at radius 2 is 0.980 bits per heavy atom. The first-order valence-electron chi connectivity index (χ1n) is 17.0. The molecule has 0 atom stereocenters. The minimum atomic E-state index is 0.850. The molecule has 7 aromatic carbocycles. The summed E-state index contributed by atoms with van der Waals surface area (Å²) < 4.78 is 13.9. The van der Waals surface area contributed by atoms with Crippen molar-refractivity contribution < 1.29 is 4.42 Å². The molecule has 0 spiro atoms. The van der Waals surface area contributed by atoms with E-state index in [1.165, 1.54) is 38.1 Å². The fraction of sp³-hybridized carbons (Fsp3) is 0. The van der Waals surface area contributed by atoms with Gasteiger partial charge in [0.1, 0.15) is 16.7 Å². The minimum absolute atomic E-state index is 0.850. The zero-order valence-electron chi connectivity index (χ0n) is 26.7. The number of pyridine rings is 1. The summed E-state index contributed by atoms with van der Waals surface area (Å²) in [6.45, 7) is 0. The van der Waals surface area contributed by atoms with Crippen LogP contribution in [0.4, 0.5) is 0 Å². The Bertz CT molecular complexity index is 3380. The lowest BCUT2D eigenvalue weighted by molar-refractivity contribution is 0.672. The Morgan fingerprint density at radius 3 is 1.70 bits per heavy atom. The number of para-hydroxylation sites is 5. The second-order valence-corrected chi connectivity index (χ2v) is 13.2. The van der Waals surface area contributed by atoms with E-state index in [0.29, 0.717) is 0 Å². The Balaban J connectivity index is 1.28. The van der Waals surface area contributed by atoms with E-state index in [9.17, 15) is 0 Å². The van der Waals surface area contributed by atoms with Crippen LogP contribution in [0, 0.1) is 0 Å². The maximum absolute atomic E-state index is 6.76. The van der Waals surface area contributed by atoms with Gasteiger partial charge in [-0.05, 0) is 54.6 Å². The van der Waals surface area contributed by atoms with Crippen molar-refractivity contribution in [3.8, 4) is 11.4 Å². The van der Waals surface area contributed by atoms with E-state index in [-0.39, 0.29) is 0 Å². The van der Waals surface area contributed by atoms with Crippen LogP contribution >= 0.6 is 0 Å². The van der Waals surface area contributed by atoms with Crippen molar-refractivity contribution in [2.24, 2.45) is 0 Å². The normalized spacial score (nSPS) is 12.4. The summed E-state index contributed by atoms with van der Waals surface area (Å²) in [4.78, 5) is 5.14. The van der Waals surface area contributed by atoms with Crippen LogP contribution in [0.25, 0.3) is 105 Å². The molecule has 0 aliphatic carbocycles. The van der Waals surface area contributed by atoms with Crippen LogP contribution in [0.1, 0.15) is 0 Å². The van der Waals surface area contributed by atoms with Crippen LogP contribution < -0.4 is 0 Å². The van der Waals surface area contributed by atoms with Gasteiger partial charge in [-0.1, -0.05) is 103 Å². The molecule has 0 bridgehead atoms. The number of imidazole rings is 1. The van der Waals surface area contributed by atoms with E-state index in [4.69, 9.17) is 9.40 Å². The third-order valence-electron chi connectivity index (χ3n) is 10.6. The maximum Gasteiger partial charge on any atom is 0.160 e. The third kappa shape index (κ3) is 3.24. The van der Waals surface area contributed by atoms with Crippen LogP contribution in [-0.2, 0) is 0 Å². The van der Waals surface area contributed by atoms with E-state index in [2.05, 4.69) is 171 Å². The number of nitrogens with zero attached hydrogens (tertiary/aromatic N) is 4. The number of benzene rings is 7. The predicted octanol–water partition coefficient (Wildman–Crippen LogP) is 11.7. The maximum atomic E-state index is 6.76. The van der Waals surface area contributed by atoms with Crippen molar-refractivity contribution in [3.63, 3.8) is 0 Å². The van der Waals surface area contributed by atoms with Gasteiger partial charge in [-0.3, -0.25) is 4.40 Å². The average molecular weight is 639 g/mol. The largest absolute Gasteiger partial charge is 0.454 e. The quantitative estimate of drug-likeness (QED) is 0.189. The van der Waals surface area contributed by atoms with Gasteiger partial charge < -0.3 is 13.6 Å². The molecule has 0 amide bonds. The summed E-state index contributed by atoms with van der Waals surface area (Å²) in [6.07, 6.45) is 0. The Labute approximate surface area is 284 Å². The molecule has 232 valence electrons. The predicted molar refractivity (Wildman–Crippen MR) is 206 cm³/mol. The first-order chi connectivity index (χ1) is 24.8. The van der Waals surface area contributed by atoms with Gasteiger partial charge in [-0.15, -0.1) is 0 Å². The highest BCUT2D eigenvalue weighted by molar-refractivity contribution is 6.24. The summed E-state index contributed by atoms with van der Waals surface area (Å²) in [5.41, 5.74) is 12.7. The molecule has 0 fully saturated rings. The van der Waals surface area contributed by atoms with Crippen LogP contribution in [-0.4, -0.2) is 18.5 Å². The molecular formula is C45H26N4O. The lowest BCUT2D eigenvalue weighted by Crippen LogP contribution is -1.98. The summed E-state index contributed by atoms with van der Waals surface area (Å²) in [6, 6.07) is 56.3. The van der Waals surface area contributed by atoms with Crippen molar-refractivity contribution >= 4 is 93.1 Å². The topological polar surface area (TPSA) is 40.3 Å². The fourth-order valence-corrected chi connectivity index (χ4v) is 8.54. The monoisotopic (exact) mass is 638 g/mol. The van der Waals surface area contributed by atoms with E-state index in [1.54, 1.807) is 0 Å². The second-order valence-electron chi connectivity index (χ2n) is 13.2. The number of aromatic nitrogens is 4. The Kier molecular flexibility index (Phi) is 4.91. The lowest BCUT2D eigenvalue weighted by atomic mass is 10.1. The van der Waals surface area contributed by atoms with Crippen LogP contribution in [0.5, 0.6) is 0 Å². The Morgan fingerprint density at radius 1 is 0.400 bits per heavy atom. The van der Waals surface area contributed by atoms with Gasteiger partial charge in [0, 0.05) is 49.1 Å². The van der Waals surface area contributed by atoms with E-state index in [1.807, 2.05) is 0 Å². The Hall–Kier alpha value is -6.85. The molecule has 0 aliphatic heterocycles. The summed E-state index contributed by atoms with van der Waals surface area (Å²) >= 11 is 0. The lowest BCUT2D eigenvalue weighted by Gasteiger charge is -2.12. The van der Waals surface area contributed by atoms with E-state index >= 15 is 0 Å². The summed E-state index contributed by atoms with van der Waals surface area (Å²) in [5, 5.41) is 8.11. The number of hydrogen-bond donors (Lipinski definition) is 0. The molecule has 12 rings (SSSR count). The molecule has 0 saturated heterocycles. The number of fused-ring (bicyclic) bond motifs is 17. The van der Waals surface area contributed by atoms with Crippen LogP contribution in [0.15, 0.2) is 162 Å². The zero-order valence-corrected chi connectivity index (χ0v) is 26.7. The molecule has 0 aliphatic rings.